The predicted molar refractivity (Wildman–Crippen MR) is 69.9 cm³/mol. The van der Waals surface area contributed by atoms with Crippen LogP contribution in [0.2, 0.25) is 0 Å². The summed E-state index contributed by atoms with van der Waals surface area (Å²) in [5.74, 6) is 0.445. The van der Waals surface area contributed by atoms with Crippen LogP contribution in [0.5, 0.6) is 0 Å². The predicted octanol–water partition coefficient (Wildman–Crippen LogP) is 1.00. The van der Waals surface area contributed by atoms with Crippen molar-refractivity contribution in [1.82, 2.24) is 5.32 Å². The number of hydrogen-bond acceptors (Lipinski definition) is 4. The van der Waals surface area contributed by atoms with E-state index in [-0.39, 0.29) is 5.91 Å². The largest absolute Gasteiger partial charge is 0.383 e. The normalized spacial score (nSPS) is 10.2. The lowest BCUT2D eigenvalue weighted by Gasteiger charge is -2.05. The fraction of sp³-hybridized carbons (Fsp3) is 0.417. The highest BCUT2D eigenvalue weighted by Crippen LogP contribution is 2.17. The topological polar surface area (TPSA) is 64.3 Å². The Kier molecular flexibility index (Phi) is 6.69. The standard InChI is InChI=1S/C12H18N2O2S/c1-16-7-6-14-12(15)9-17-11-4-2-10(8-13)3-5-11/h2-5H,6-9,13H2,1H3,(H,14,15). The number of carbonyl (C=O) groups excluding carboxylic acids is 1. The highest BCUT2D eigenvalue weighted by Gasteiger charge is 2.02. The maximum atomic E-state index is 11.4. The number of amides is 1. The molecule has 0 aliphatic carbocycles. The zero-order valence-corrected chi connectivity index (χ0v) is 10.8. The van der Waals surface area contributed by atoms with E-state index in [0.29, 0.717) is 25.4 Å². The third-order valence-electron chi connectivity index (χ3n) is 2.16. The molecule has 5 heteroatoms. The van der Waals surface area contributed by atoms with Crippen LogP contribution < -0.4 is 11.1 Å². The van der Waals surface area contributed by atoms with Crippen LogP contribution in [0.25, 0.3) is 0 Å². The SMILES string of the molecule is COCCNC(=O)CSc1ccc(CN)cc1. The van der Waals surface area contributed by atoms with Crippen LogP contribution in [-0.4, -0.2) is 31.9 Å². The van der Waals surface area contributed by atoms with E-state index in [4.69, 9.17) is 10.5 Å². The molecule has 4 nitrogen and oxygen atoms in total. The van der Waals surface area contributed by atoms with Crippen LogP contribution in [-0.2, 0) is 16.1 Å². The monoisotopic (exact) mass is 254 g/mol. The van der Waals surface area contributed by atoms with Crippen molar-refractivity contribution in [3.63, 3.8) is 0 Å². The van der Waals surface area contributed by atoms with Gasteiger partial charge in [0.2, 0.25) is 5.91 Å². The minimum absolute atomic E-state index is 0.0231. The van der Waals surface area contributed by atoms with Crippen LogP contribution >= 0.6 is 11.8 Å². The molecule has 0 unspecified atom stereocenters. The van der Waals surface area contributed by atoms with Crippen molar-refractivity contribution >= 4 is 17.7 Å². The summed E-state index contributed by atoms with van der Waals surface area (Å²) in [5.41, 5.74) is 6.60. The molecule has 0 radical (unpaired) electrons. The van der Waals surface area contributed by atoms with Crippen molar-refractivity contribution in [2.24, 2.45) is 5.73 Å². The Morgan fingerprint density at radius 3 is 2.71 bits per heavy atom. The van der Waals surface area contributed by atoms with Gasteiger partial charge in [0.1, 0.15) is 0 Å². The van der Waals surface area contributed by atoms with Gasteiger partial charge in [0.15, 0.2) is 0 Å². The molecule has 94 valence electrons. The molecule has 0 spiro atoms. The second kappa shape index (κ2) is 8.11. The van der Waals surface area contributed by atoms with Crippen molar-refractivity contribution in [3.05, 3.63) is 29.8 Å². The zero-order chi connectivity index (χ0) is 12.5. The van der Waals surface area contributed by atoms with E-state index in [0.717, 1.165) is 10.5 Å². The highest BCUT2D eigenvalue weighted by molar-refractivity contribution is 8.00. The van der Waals surface area contributed by atoms with Gasteiger partial charge in [-0.1, -0.05) is 12.1 Å². The first-order valence-corrected chi connectivity index (χ1v) is 6.42. The van der Waals surface area contributed by atoms with Crippen molar-refractivity contribution in [2.45, 2.75) is 11.4 Å². The van der Waals surface area contributed by atoms with Gasteiger partial charge in [0, 0.05) is 25.1 Å². The number of thioether (sulfide) groups is 1. The Labute approximate surface area is 106 Å². The van der Waals surface area contributed by atoms with Crippen molar-refractivity contribution in [2.75, 3.05) is 26.0 Å². The molecule has 3 N–H and O–H groups in total. The van der Waals surface area contributed by atoms with Crippen LogP contribution in [0, 0.1) is 0 Å². The van der Waals surface area contributed by atoms with Gasteiger partial charge in [-0.05, 0) is 17.7 Å². The third-order valence-corrected chi connectivity index (χ3v) is 3.17. The number of nitrogens with one attached hydrogen (secondary N) is 1. The van der Waals surface area contributed by atoms with E-state index >= 15 is 0 Å². The minimum Gasteiger partial charge on any atom is -0.383 e. The Morgan fingerprint density at radius 1 is 1.41 bits per heavy atom. The number of rotatable bonds is 7. The first kappa shape index (κ1) is 14.0. The van der Waals surface area contributed by atoms with Crippen LogP contribution in [0.1, 0.15) is 5.56 Å². The Hall–Kier alpha value is -1.04. The summed E-state index contributed by atoms with van der Waals surface area (Å²) >= 11 is 1.51. The summed E-state index contributed by atoms with van der Waals surface area (Å²) in [4.78, 5) is 12.5. The molecule has 1 rings (SSSR count). The lowest BCUT2D eigenvalue weighted by Crippen LogP contribution is -2.28. The Balaban J connectivity index is 2.27. The molecule has 0 fully saturated rings. The van der Waals surface area contributed by atoms with Crippen molar-refractivity contribution in [3.8, 4) is 0 Å². The maximum absolute atomic E-state index is 11.4. The van der Waals surface area contributed by atoms with Gasteiger partial charge in [-0.25, -0.2) is 0 Å². The Bertz CT molecular complexity index is 341. The Morgan fingerprint density at radius 2 is 2.12 bits per heavy atom. The fourth-order valence-corrected chi connectivity index (χ4v) is 1.94. The first-order chi connectivity index (χ1) is 8.26. The summed E-state index contributed by atoms with van der Waals surface area (Å²) in [6, 6.07) is 7.92. The van der Waals surface area contributed by atoms with E-state index in [1.807, 2.05) is 24.3 Å². The van der Waals surface area contributed by atoms with Crippen LogP contribution in [0.15, 0.2) is 29.2 Å². The molecule has 1 amide bonds. The zero-order valence-electron chi connectivity index (χ0n) is 9.94. The third kappa shape index (κ3) is 5.72. The van der Waals surface area contributed by atoms with Gasteiger partial charge in [0.25, 0.3) is 0 Å². The molecular weight excluding hydrogens is 236 g/mol. The molecule has 0 atom stereocenters. The van der Waals surface area contributed by atoms with E-state index in [1.165, 1.54) is 11.8 Å². The van der Waals surface area contributed by atoms with Gasteiger partial charge < -0.3 is 15.8 Å². The molecule has 17 heavy (non-hydrogen) atoms. The number of hydrogen-bond donors (Lipinski definition) is 2. The molecule has 0 saturated heterocycles. The molecule has 0 bridgehead atoms. The first-order valence-electron chi connectivity index (χ1n) is 5.43. The highest BCUT2D eigenvalue weighted by atomic mass is 32.2. The average molecular weight is 254 g/mol. The lowest BCUT2D eigenvalue weighted by atomic mass is 10.2. The van der Waals surface area contributed by atoms with Gasteiger partial charge in [-0.3, -0.25) is 4.79 Å². The smallest absolute Gasteiger partial charge is 0.230 e. The second-order valence-corrected chi connectivity index (χ2v) is 4.53. The summed E-state index contributed by atoms with van der Waals surface area (Å²) in [6.07, 6.45) is 0. The summed E-state index contributed by atoms with van der Waals surface area (Å²) < 4.78 is 4.85. The van der Waals surface area contributed by atoms with Gasteiger partial charge in [-0.2, -0.15) is 0 Å². The summed E-state index contributed by atoms with van der Waals surface area (Å²) in [7, 11) is 1.61. The fourth-order valence-electron chi connectivity index (χ4n) is 1.21. The van der Waals surface area contributed by atoms with Gasteiger partial charge in [-0.15, -0.1) is 11.8 Å². The summed E-state index contributed by atoms with van der Waals surface area (Å²) in [5, 5.41) is 2.77. The van der Waals surface area contributed by atoms with Gasteiger partial charge in [0.05, 0.1) is 12.4 Å². The van der Waals surface area contributed by atoms with E-state index in [9.17, 15) is 4.79 Å². The molecular formula is C12H18N2O2S. The van der Waals surface area contributed by atoms with Crippen LogP contribution in [0.4, 0.5) is 0 Å². The molecule has 0 heterocycles. The number of methoxy groups -OCH3 is 1. The number of nitrogens with two attached hydrogens (primary N) is 1. The summed E-state index contributed by atoms with van der Waals surface area (Å²) in [6.45, 7) is 1.64. The van der Waals surface area contributed by atoms with Gasteiger partial charge >= 0.3 is 0 Å². The molecule has 0 aliphatic rings. The van der Waals surface area contributed by atoms with Crippen LogP contribution in [0.3, 0.4) is 0 Å². The quantitative estimate of drug-likeness (QED) is 0.563. The van der Waals surface area contributed by atoms with E-state index < -0.39 is 0 Å². The second-order valence-electron chi connectivity index (χ2n) is 3.48. The molecule has 0 saturated carbocycles. The maximum Gasteiger partial charge on any atom is 0.230 e. The number of carbonyl (C=O) groups is 1. The van der Waals surface area contributed by atoms with E-state index in [1.54, 1.807) is 7.11 Å². The molecule has 1 aromatic rings. The number of ether oxygens (including phenoxy) is 1. The minimum atomic E-state index is 0.0231. The van der Waals surface area contributed by atoms with Crippen molar-refractivity contribution < 1.29 is 9.53 Å². The number of benzene rings is 1. The molecule has 0 aliphatic heterocycles. The van der Waals surface area contributed by atoms with E-state index in [2.05, 4.69) is 5.32 Å². The van der Waals surface area contributed by atoms with Crippen molar-refractivity contribution in [1.29, 1.82) is 0 Å². The molecule has 1 aromatic carbocycles. The average Bonchev–Trinajstić information content (AvgIpc) is 2.37. The lowest BCUT2D eigenvalue weighted by molar-refractivity contribution is -0.118. The molecule has 0 aromatic heterocycles.